The third-order valence-corrected chi connectivity index (χ3v) is 11.0. The highest BCUT2D eigenvalue weighted by atomic mass is 16.3. The SMILES string of the molecule is CC(C)C(O)CC[C@@H](C)[C@H]1CC[C@H]2[C@@H]3[C@H](O)C[C@H]4CCCC[C@]4(C)[C@H]3CC[C@]12C. The van der Waals surface area contributed by atoms with Gasteiger partial charge in [0.2, 0.25) is 0 Å². The van der Waals surface area contributed by atoms with E-state index >= 15 is 0 Å². The van der Waals surface area contributed by atoms with Crippen LogP contribution in [0.5, 0.6) is 0 Å². The smallest absolute Gasteiger partial charge is 0.0577 e. The summed E-state index contributed by atoms with van der Waals surface area (Å²) in [5.74, 6) is 4.62. The maximum absolute atomic E-state index is 11.3. The van der Waals surface area contributed by atoms with Crippen LogP contribution in [0.1, 0.15) is 105 Å². The van der Waals surface area contributed by atoms with E-state index in [2.05, 4.69) is 34.6 Å². The van der Waals surface area contributed by atoms with E-state index in [1.165, 1.54) is 51.4 Å². The van der Waals surface area contributed by atoms with E-state index in [1.807, 2.05) is 0 Å². The maximum Gasteiger partial charge on any atom is 0.0577 e. The Labute approximate surface area is 180 Å². The van der Waals surface area contributed by atoms with Gasteiger partial charge in [-0.05, 0) is 110 Å². The molecule has 0 spiro atoms. The Kier molecular flexibility index (Phi) is 6.19. The molecule has 0 amide bonds. The number of hydrogen-bond donors (Lipinski definition) is 2. The fourth-order valence-electron chi connectivity index (χ4n) is 9.20. The first-order valence-electron chi connectivity index (χ1n) is 13.0. The van der Waals surface area contributed by atoms with Gasteiger partial charge in [-0.25, -0.2) is 0 Å². The monoisotopic (exact) mass is 404 g/mol. The highest BCUT2D eigenvalue weighted by Crippen LogP contribution is 2.68. The van der Waals surface area contributed by atoms with Gasteiger partial charge in [0.05, 0.1) is 12.2 Å². The summed E-state index contributed by atoms with van der Waals surface area (Å²) in [6.07, 6.45) is 13.9. The van der Waals surface area contributed by atoms with E-state index < -0.39 is 0 Å². The van der Waals surface area contributed by atoms with Crippen molar-refractivity contribution in [2.45, 2.75) is 117 Å². The third-order valence-electron chi connectivity index (χ3n) is 11.0. The number of hydrogen-bond acceptors (Lipinski definition) is 2. The van der Waals surface area contributed by atoms with Gasteiger partial charge in [-0.3, -0.25) is 0 Å². The van der Waals surface area contributed by atoms with E-state index in [0.717, 1.165) is 42.9 Å². The number of aliphatic hydroxyl groups excluding tert-OH is 2. The van der Waals surface area contributed by atoms with Gasteiger partial charge in [-0.1, -0.05) is 47.5 Å². The quantitative estimate of drug-likeness (QED) is 0.553. The van der Waals surface area contributed by atoms with E-state index in [0.29, 0.717) is 28.6 Å². The highest BCUT2D eigenvalue weighted by Gasteiger charge is 2.62. The summed E-state index contributed by atoms with van der Waals surface area (Å²) in [6, 6.07) is 0. The third kappa shape index (κ3) is 3.63. The Bertz CT molecular complexity index is 573. The molecule has 0 radical (unpaired) electrons. The predicted molar refractivity (Wildman–Crippen MR) is 120 cm³/mol. The molecule has 29 heavy (non-hydrogen) atoms. The zero-order valence-corrected chi connectivity index (χ0v) is 19.9. The molecule has 4 aliphatic rings. The molecular formula is C27H48O2. The van der Waals surface area contributed by atoms with Crippen LogP contribution in [-0.2, 0) is 0 Å². The van der Waals surface area contributed by atoms with E-state index in [1.54, 1.807) is 0 Å². The van der Waals surface area contributed by atoms with Crippen LogP contribution in [0.2, 0.25) is 0 Å². The van der Waals surface area contributed by atoms with Gasteiger partial charge in [0.1, 0.15) is 0 Å². The van der Waals surface area contributed by atoms with Gasteiger partial charge in [0, 0.05) is 0 Å². The molecule has 168 valence electrons. The van der Waals surface area contributed by atoms with Gasteiger partial charge in [0.25, 0.3) is 0 Å². The van der Waals surface area contributed by atoms with Crippen molar-refractivity contribution in [3.63, 3.8) is 0 Å². The Morgan fingerprint density at radius 3 is 2.31 bits per heavy atom. The Morgan fingerprint density at radius 2 is 1.59 bits per heavy atom. The summed E-state index contributed by atoms with van der Waals surface area (Å²) in [5, 5.41) is 21.7. The number of fused-ring (bicyclic) bond motifs is 5. The first-order valence-corrected chi connectivity index (χ1v) is 13.0. The molecule has 0 aliphatic heterocycles. The van der Waals surface area contributed by atoms with Crippen molar-refractivity contribution in [2.75, 3.05) is 0 Å². The lowest BCUT2D eigenvalue weighted by Crippen LogP contribution is -2.57. The predicted octanol–water partition coefficient (Wildman–Crippen LogP) is 6.44. The molecule has 1 unspecified atom stereocenters. The maximum atomic E-state index is 11.3. The summed E-state index contributed by atoms with van der Waals surface area (Å²) in [5.41, 5.74) is 0.900. The molecule has 0 bridgehead atoms. The van der Waals surface area contributed by atoms with Crippen LogP contribution in [0.3, 0.4) is 0 Å². The first kappa shape index (κ1) is 22.1. The molecule has 0 saturated heterocycles. The number of rotatable bonds is 5. The highest BCUT2D eigenvalue weighted by molar-refractivity contribution is 5.11. The van der Waals surface area contributed by atoms with Gasteiger partial charge in [0.15, 0.2) is 0 Å². The lowest BCUT2D eigenvalue weighted by molar-refractivity contribution is -0.164. The first-order chi connectivity index (χ1) is 13.7. The summed E-state index contributed by atoms with van der Waals surface area (Å²) in [4.78, 5) is 0. The second-order valence-corrected chi connectivity index (χ2v) is 12.6. The largest absolute Gasteiger partial charge is 0.393 e. The Balaban J connectivity index is 1.50. The van der Waals surface area contributed by atoms with Crippen molar-refractivity contribution >= 4 is 0 Å². The van der Waals surface area contributed by atoms with Crippen LogP contribution in [-0.4, -0.2) is 22.4 Å². The molecule has 4 rings (SSSR count). The zero-order chi connectivity index (χ0) is 21.0. The normalized spacial score (nSPS) is 49.2. The average molecular weight is 405 g/mol. The van der Waals surface area contributed by atoms with Crippen molar-refractivity contribution in [1.29, 1.82) is 0 Å². The Hall–Kier alpha value is -0.0800. The molecule has 4 saturated carbocycles. The summed E-state index contributed by atoms with van der Waals surface area (Å²) in [6.45, 7) is 11.9. The molecule has 2 heteroatoms. The summed E-state index contributed by atoms with van der Waals surface area (Å²) < 4.78 is 0. The molecule has 4 aliphatic carbocycles. The summed E-state index contributed by atoms with van der Waals surface area (Å²) >= 11 is 0. The van der Waals surface area contributed by atoms with Crippen molar-refractivity contribution in [2.24, 2.45) is 52.3 Å². The fourth-order valence-corrected chi connectivity index (χ4v) is 9.20. The van der Waals surface area contributed by atoms with Crippen LogP contribution < -0.4 is 0 Å². The topological polar surface area (TPSA) is 40.5 Å². The lowest BCUT2D eigenvalue weighted by atomic mass is 9.44. The van der Waals surface area contributed by atoms with Crippen LogP contribution in [0, 0.1) is 52.3 Å². The fraction of sp³-hybridized carbons (Fsp3) is 1.00. The molecule has 0 aromatic heterocycles. The molecule has 10 atom stereocenters. The standard InChI is InChI=1S/C27H48O2/c1-17(2)23(28)12-9-18(3)20-10-11-21-25-22(13-15-27(20,21)5)26(4)14-7-6-8-19(26)16-24(25)29/h17-25,28-29H,6-16H2,1-5H3/t18-,19-,20-,21+,22+,23?,24-,25+,26+,27-/m1/s1. The molecule has 0 aromatic rings. The minimum atomic E-state index is -0.151. The van der Waals surface area contributed by atoms with Gasteiger partial charge >= 0.3 is 0 Å². The minimum absolute atomic E-state index is 0.0578. The molecule has 4 fully saturated rings. The van der Waals surface area contributed by atoms with Crippen molar-refractivity contribution < 1.29 is 10.2 Å². The van der Waals surface area contributed by atoms with E-state index in [4.69, 9.17) is 0 Å². The molecule has 0 heterocycles. The zero-order valence-electron chi connectivity index (χ0n) is 19.9. The van der Waals surface area contributed by atoms with Crippen molar-refractivity contribution in [1.82, 2.24) is 0 Å². The van der Waals surface area contributed by atoms with Gasteiger partial charge < -0.3 is 10.2 Å². The minimum Gasteiger partial charge on any atom is -0.393 e. The Morgan fingerprint density at radius 1 is 0.862 bits per heavy atom. The molecular weight excluding hydrogens is 356 g/mol. The molecule has 2 nitrogen and oxygen atoms in total. The molecule has 0 aromatic carbocycles. The second kappa shape index (κ2) is 8.12. The number of aliphatic hydroxyl groups is 2. The van der Waals surface area contributed by atoms with Crippen molar-refractivity contribution in [3.05, 3.63) is 0 Å². The van der Waals surface area contributed by atoms with Crippen LogP contribution in [0.15, 0.2) is 0 Å². The van der Waals surface area contributed by atoms with Crippen molar-refractivity contribution in [3.8, 4) is 0 Å². The van der Waals surface area contributed by atoms with Crippen LogP contribution in [0.25, 0.3) is 0 Å². The molecule has 2 N–H and O–H groups in total. The van der Waals surface area contributed by atoms with E-state index in [9.17, 15) is 10.2 Å². The van der Waals surface area contributed by atoms with Crippen LogP contribution >= 0.6 is 0 Å². The average Bonchev–Trinajstić information content (AvgIpc) is 3.03. The van der Waals surface area contributed by atoms with Gasteiger partial charge in [-0.15, -0.1) is 0 Å². The second-order valence-electron chi connectivity index (χ2n) is 12.6. The van der Waals surface area contributed by atoms with Crippen LogP contribution in [0.4, 0.5) is 0 Å². The lowest BCUT2D eigenvalue weighted by Gasteiger charge is -2.62. The van der Waals surface area contributed by atoms with Gasteiger partial charge in [-0.2, -0.15) is 0 Å². The summed E-state index contributed by atoms with van der Waals surface area (Å²) in [7, 11) is 0. The van der Waals surface area contributed by atoms with E-state index in [-0.39, 0.29) is 12.2 Å².